The van der Waals surface area contributed by atoms with Crippen LogP contribution in [0.1, 0.15) is 29.0 Å². The Hall–Kier alpha value is -3.34. The molecule has 0 atom stereocenters. The van der Waals surface area contributed by atoms with Crippen LogP contribution in [0.3, 0.4) is 0 Å². The third kappa shape index (κ3) is 4.79. The molecule has 0 saturated carbocycles. The second-order valence-electron chi connectivity index (χ2n) is 6.86. The molecule has 2 aromatic heterocycles. The van der Waals surface area contributed by atoms with E-state index in [1.54, 1.807) is 18.3 Å². The van der Waals surface area contributed by atoms with Crippen LogP contribution in [0.5, 0.6) is 0 Å². The molecule has 2 aromatic rings. The van der Waals surface area contributed by atoms with Gasteiger partial charge in [-0.15, -0.1) is 0 Å². The molecule has 0 unspecified atom stereocenters. The summed E-state index contributed by atoms with van der Waals surface area (Å²) >= 11 is 0.861. The zero-order valence-electron chi connectivity index (χ0n) is 15.9. The van der Waals surface area contributed by atoms with Crippen molar-refractivity contribution in [3.63, 3.8) is 0 Å². The summed E-state index contributed by atoms with van der Waals surface area (Å²) in [5.74, 6) is 0.314. The summed E-state index contributed by atoms with van der Waals surface area (Å²) in [5, 5.41) is 4.76. The molecule has 10 nitrogen and oxygen atoms in total. The van der Waals surface area contributed by atoms with E-state index in [-0.39, 0.29) is 11.1 Å². The number of hydrogen-bond acceptors (Lipinski definition) is 9. The van der Waals surface area contributed by atoms with Crippen molar-refractivity contribution in [2.45, 2.75) is 12.8 Å². The lowest BCUT2D eigenvalue weighted by Gasteiger charge is -2.32. The summed E-state index contributed by atoms with van der Waals surface area (Å²) in [7, 11) is 0. The first-order chi connectivity index (χ1) is 14.6. The van der Waals surface area contributed by atoms with E-state index in [4.69, 9.17) is 0 Å². The Balaban J connectivity index is 1.31. The van der Waals surface area contributed by atoms with Gasteiger partial charge in [0.2, 0.25) is 5.95 Å². The van der Waals surface area contributed by atoms with Crippen molar-refractivity contribution in [1.29, 1.82) is 0 Å². The van der Waals surface area contributed by atoms with Crippen molar-refractivity contribution >= 4 is 40.8 Å². The number of hydrogen-bond donors (Lipinski definition) is 2. The lowest BCUT2D eigenvalue weighted by atomic mass is 9.97. The van der Waals surface area contributed by atoms with Crippen LogP contribution in [0.25, 0.3) is 6.08 Å². The molecule has 2 aliphatic heterocycles. The van der Waals surface area contributed by atoms with E-state index in [2.05, 4.69) is 35.5 Å². The first kappa shape index (κ1) is 20.0. The molecule has 0 aliphatic carbocycles. The molecule has 0 bridgehead atoms. The molecule has 0 spiro atoms. The molecule has 2 N–H and O–H groups in total. The Morgan fingerprint density at radius 2 is 2.07 bits per heavy atom. The van der Waals surface area contributed by atoms with E-state index in [1.165, 1.54) is 18.6 Å². The summed E-state index contributed by atoms with van der Waals surface area (Å²) in [5.41, 5.74) is 0.885. The van der Waals surface area contributed by atoms with Crippen LogP contribution in [-0.4, -0.2) is 56.6 Å². The van der Waals surface area contributed by atoms with E-state index in [1.807, 2.05) is 0 Å². The number of piperidine rings is 1. The van der Waals surface area contributed by atoms with Crippen LogP contribution in [-0.2, 0) is 4.79 Å². The van der Waals surface area contributed by atoms with Crippen molar-refractivity contribution in [2.24, 2.45) is 5.92 Å². The number of anilines is 1. The number of thioether (sulfide) groups is 1. The van der Waals surface area contributed by atoms with Crippen LogP contribution in [0, 0.1) is 5.92 Å². The van der Waals surface area contributed by atoms with Gasteiger partial charge in [-0.2, -0.15) is 0 Å². The van der Waals surface area contributed by atoms with Gasteiger partial charge < -0.3 is 10.2 Å². The van der Waals surface area contributed by atoms with Crippen molar-refractivity contribution in [3.05, 3.63) is 47.1 Å². The average Bonchev–Trinajstić information content (AvgIpc) is 3.09. The van der Waals surface area contributed by atoms with Crippen LogP contribution in [0.4, 0.5) is 10.7 Å². The Labute approximate surface area is 176 Å². The van der Waals surface area contributed by atoms with Crippen LogP contribution in [0.2, 0.25) is 0 Å². The molecule has 4 rings (SSSR count). The maximum Gasteiger partial charge on any atom is 0.290 e. The summed E-state index contributed by atoms with van der Waals surface area (Å²) in [6.45, 7) is 2.11. The Morgan fingerprint density at radius 3 is 2.77 bits per heavy atom. The number of imide groups is 1. The Bertz CT molecular complexity index is 991. The monoisotopic (exact) mass is 425 g/mol. The first-order valence-electron chi connectivity index (χ1n) is 9.45. The van der Waals surface area contributed by atoms with Gasteiger partial charge in [-0.1, -0.05) is 0 Å². The predicted octanol–water partition coefficient (Wildman–Crippen LogP) is 1.24. The second kappa shape index (κ2) is 8.99. The van der Waals surface area contributed by atoms with Gasteiger partial charge in [-0.3, -0.25) is 24.7 Å². The van der Waals surface area contributed by atoms with Gasteiger partial charge in [0, 0.05) is 38.2 Å². The van der Waals surface area contributed by atoms with E-state index in [9.17, 15) is 14.4 Å². The molecule has 3 amide bonds. The molecular weight excluding hydrogens is 406 g/mol. The fourth-order valence-electron chi connectivity index (χ4n) is 3.23. The van der Waals surface area contributed by atoms with Gasteiger partial charge in [-0.05, 0) is 42.7 Å². The minimum atomic E-state index is -0.408. The quantitative estimate of drug-likeness (QED) is 0.679. The molecule has 0 radical (unpaired) electrons. The second-order valence-corrected chi connectivity index (χ2v) is 7.88. The molecule has 154 valence electrons. The minimum Gasteiger partial charge on any atom is -0.350 e. The van der Waals surface area contributed by atoms with Crippen molar-refractivity contribution in [2.75, 3.05) is 24.5 Å². The molecule has 2 fully saturated rings. The normalized spacial score (nSPS) is 18.5. The van der Waals surface area contributed by atoms with Gasteiger partial charge in [-0.25, -0.2) is 15.0 Å². The van der Waals surface area contributed by atoms with E-state index < -0.39 is 5.91 Å². The lowest BCUT2D eigenvalue weighted by Crippen LogP contribution is -2.39. The number of rotatable bonds is 5. The fourth-order valence-corrected chi connectivity index (χ4v) is 3.90. The highest BCUT2D eigenvalue weighted by Gasteiger charge is 2.26. The molecular formula is C19H19N7O3S. The smallest absolute Gasteiger partial charge is 0.290 e. The zero-order valence-corrected chi connectivity index (χ0v) is 16.8. The molecule has 4 heterocycles. The predicted molar refractivity (Wildman–Crippen MR) is 110 cm³/mol. The van der Waals surface area contributed by atoms with Crippen molar-refractivity contribution in [3.8, 4) is 0 Å². The number of carbonyl (C=O) groups is 3. The minimum absolute atomic E-state index is 0.220. The highest BCUT2D eigenvalue weighted by atomic mass is 32.2. The van der Waals surface area contributed by atoms with Gasteiger partial charge in [0.15, 0.2) is 0 Å². The topological polar surface area (TPSA) is 130 Å². The molecule has 0 aromatic carbocycles. The third-order valence-corrected chi connectivity index (χ3v) is 5.64. The third-order valence-electron chi connectivity index (χ3n) is 4.83. The number of amides is 3. The standard InChI is InChI=1S/C19H19N7O3S/c27-16(14-11-20-5-6-21-14)23-10-12-2-7-26(8-3-12)18-22-4-1-13(24-18)9-15-17(28)25-19(29)30-15/h1,4-6,9,11-12H,2-3,7-8,10H2,(H,23,27)(H,25,28,29)/b15-9+. The molecule has 2 saturated heterocycles. The first-order valence-corrected chi connectivity index (χ1v) is 10.3. The SMILES string of the molecule is O=C1NC(=O)/C(=C\c2ccnc(N3CCC(CNC(=O)c4cnccn4)CC3)n2)S1. The Kier molecular flexibility index (Phi) is 5.98. The van der Waals surface area contributed by atoms with Crippen molar-refractivity contribution < 1.29 is 14.4 Å². The van der Waals surface area contributed by atoms with Gasteiger partial charge in [0.25, 0.3) is 17.1 Å². The van der Waals surface area contributed by atoms with E-state index in [0.29, 0.717) is 34.7 Å². The summed E-state index contributed by atoms with van der Waals surface area (Å²) in [6.07, 6.45) is 9.48. The maximum atomic E-state index is 12.1. The number of nitrogens with one attached hydrogen (secondary N) is 2. The van der Waals surface area contributed by atoms with E-state index >= 15 is 0 Å². The summed E-state index contributed by atoms with van der Waals surface area (Å²) in [4.78, 5) is 54.2. The van der Waals surface area contributed by atoms with Crippen LogP contribution >= 0.6 is 11.8 Å². The molecule has 11 heteroatoms. The highest BCUT2D eigenvalue weighted by Crippen LogP contribution is 2.26. The van der Waals surface area contributed by atoms with Gasteiger partial charge >= 0.3 is 0 Å². The van der Waals surface area contributed by atoms with Gasteiger partial charge in [0.1, 0.15) is 5.69 Å². The number of carbonyl (C=O) groups excluding carboxylic acids is 3. The van der Waals surface area contributed by atoms with Crippen LogP contribution < -0.4 is 15.5 Å². The summed E-state index contributed by atoms with van der Waals surface area (Å²) < 4.78 is 0. The largest absolute Gasteiger partial charge is 0.350 e. The summed E-state index contributed by atoms with van der Waals surface area (Å²) in [6, 6.07) is 1.70. The highest BCUT2D eigenvalue weighted by molar-refractivity contribution is 8.18. The van der Waals surface area contributed by atoms with E-state index in [0.717, 1.165) is 37.7 Å². The molecule has 2 aliphatic rings. The number of aromatic nitrogens is 4. The number of nitrogens with zero attached hydrogens (tertiary/aromatic N) is 5. The van der Waals surface area contributed by atoms with Crippen LogP contribution in [0.15, 0.2) is 35.8 Å². The Morgan fingerprint density at radius 1 is 1.23 bits per heavy atom. The van der Waals surface area contributed by atoms with Crippen molar-refractivity contribution in [1.82, 2.24) is 30.6 Å². The average molecular weight is 425 g/mol. The lowest BCUT2D eigenvalue weighted by molar-refractivity contribution is -0.115. The molecule has 30 heavy (non-hydrogen) atoms. The van der Waals surface area contributed by atoms with Gasteiger partial charge in [0.05, 0.1) is 16.8 Å². The fraction of sp³-hybridized carbons (Fsp3) is 0.316. The maximum absolute atomic E-state index is 12.1. The zero-order chi connectivity index (χ0) is 20.9.